The van der Waals surface area contributed by atoms with Crippen molar-refractivity contribution in [2.75, 3.05) is 0 Å². The van der Waals surface area contributed by atoms with Gasteiger partial charge in [0.25, 0.3) is 0 Å². The van der Waals surface area contributed by atoms with Crippen LogP contribution in [0.5, 0.6) is 0 Å². The SMILES string of the molecule is C/C(C(=O)OCc1ccc2c(c1)C(=O)c1ccccc1C2=O)=C1/C2CCC(C2)C1O. The van der Waals surface area contributed by atoms with E-state index in [1.165, 1.54) is 0 Å². The molecule has 5 rings (SSSR count). The van der Waals surface area contributed by atoms with Gasteiger partial charge in [-0.25, -0.2) is 4.79 Å². The van der Waals surface area contributed by atoms with E-state index in [2.05, 4.69) is 0 Å². The summed E-state index contributed by atoms with van der Waals surface area (Å²) < 4.78 is 5.48. The zero-order chi connectivity index (χ0) is 21.0. The Morgan fingerprint density at radius 3 is 2.33 bits per heavy atom. The molecule has 0 spiro atoms. The molecule has 0 aromatic heterocycles. The maximum absolute atomic E-state index is 12.8. The fourth-order valence-electron chi connectivity index (χ4n) is 5.22. The van der Waals surface area contributed by atoms with Gasteiger partial charge >= 0.3 is 5.97 Å². The molecule has 5 heteroatoms. The minimum Gasteiger partial charge on any atom is -0.457 e. The molecule has 2 fully saturated rings. The van der Waals surface area contributed by atoms with Crippen molar-refractivity contribution in [3.05, 3.63) is 81.4 Å². The number of ketones is 2. The van der Waals surface area contributed by atoms with Gasteiger partial charge in [0, 0.05) is 27.8 Å². The molecule has 3 unspecified atom stereocenters. The van der Waals surface area contributed by atoms with Crippen molar-refractivity contribution in [1.29, 1.82) is 0 Å². The van der Waals surface area contributed by atoms with Gasteiger partial charge in [0.1, 0.15) is 6.61 Å². The highest BCUT2D eigenvalue weighted by atomic mass is 16.5. The first-order valence-electron chi connectivity index (χ1n) is 10.3. The van der Waals surface area contributed by atoms with Crippen LogP contribution in [0, 0.1) is 11.8 Å². The number of benzene rings is 2. The second kappa shape index (κ2) is 7.03. The van der Waals surface area contributed by atoms with Crippen LogP contribution in [0.25, 0.3) is 0 Å². The van der Waals surface area contributed by atoms with E-state index in [1.54, 1.807) is 49.4 Å². The van der Waals surface area contributed by atoms with Crippen LogP contribution in [0.1, 0.15) is 63.6 Å². The summed E-state index contributed by atoms with van der Waals surface area (Å²) in [4.78, 5) is 38.1. The van der Waals surface area contributed by atoms with Crippen molar-refractivity contribution in [3.63, 3.8) is 0 Å². The number of aliphatic hydroxyl groups is 1. The van der Waals surface area contributed by atoms with Crippen LogP contribution >= 0.6 is 0 Å². The summed E-state index contributed by atoms with van der Waals surface area (Å²) in [5.41, 5.74) is 3.50. The first-order valence-corrected chi connectivity index (χ1v) is 10.3. The molecular formula is C25H22O5. The molecule has 2 saturated carbocycles. The van der Waals surface area contributed by atoms with E-state index >= 15 is 0 Å². The van der Waals surface area contributed by atoms with E-state index in [4.69, 9.17) is 4.74 Å². The number of hydrogen-bond donors (Lipinski definition) is 1. The molecule has 0 radical (unpaired) electrons. The quantitative estimate of drug-likeness (QED) is 0.535. The third-order valence-electron chi connectivity index (χ3n) is 6.78. The Bertz CT molecular complexity index is 1120. The number of hydrogen-bond acceptors (Lipinski definition) is 5. The highest BCUT2D eigenvalue weighted by molar-refractivity contribution is 6.28. The molecular weight excluding hydrogens is 380 g/mol. The lowest BCUT2D eigenvalue weighted by Crippen LogP contribution is -2.23. The molecule has 0 saturated heterocycles. The maximum Gasteiger partial charge on any atom is 0.334 e. The van der Waals surface area contributed by atoms with Crippen molar-refractivity contribution in [3.8, 4) is 0 Å². The summed E-state index contributed by atoms with van der Waals surface area (Å²) in [5, 5.41) is 10.4. The maximum atomic E-state index is 12.8. The molecule has 30 heavy (non-hydrogen) atoms. The van der Waals surface area contributed by atoms with Crippen LogP contribution in [0.15, 0.2) is 53.6 Å². The van der Waals surface area contributed by atoms with Gasteiger partial charge < -0.3 is 9.84 Å². The number of carbonyl (C=O) groups excluding carboxylic acids is 3. The van der Waals surface area contributed by atoms with Crippen LogP contribution in [-0.4, -0.2) is 28.7 Å². The van der Waals surface area contributed by atoms with Gasteiger partial charge in [-0.05, 0) is 61.3 Å². The van der Waals surface area contributed by atoms with Gasteiger partial charge in [-0.1, -0.05) is 30.3 Å². The van der Waals surface area contributed by atoms with Crippen molar-refractivity contribution in [2.45, 2.75) is 38.9 Å². The van der Waals surface area contributed by atoms with Gasteiger partial charge in [0.2, 0.25) is 0 Å². The Morgan fingerprint density at radius 1 is 1.00 bits per heavy atom. The first-order chi connectivity index (χ1) is 14.5. The van der Waals surface area contributed by atoms with Crippen molar-refractivity contribution < 1.29 is 24.2 Å². The molecule has 0 aliphatic heterocycles. The third kappa shape index (κ3) is 2.84. The molecule has 3 aliphatic carbocycles. The predicted molar refractivity (Wildman–Crippen MR) is 109 cm³/mol. The number of rotatable bonds is 3. The number of esters is 1. The number of aliphatic hydroxyl groups excluding tert-OH is 1. The van der Waals surface area contributed by atoms with Crippen molar-refractivity contribution in [1.82, 2.24) is 0 Å². The lowest BCUT2D eigenvalue weighted by molar-refractivity contribution is -0.140. The van der Waals surface area contributed by atoms with Crippen LogP contribution in [0.4, 0.5) is 0 Å². The van der Waals surface area contributed by atoms with Gasteiger partial charge in [-0.15, -0.1) is 0 Å². The largest absolute Gasteiger partial charge is 0.457 e. The molecule has 0 amide bonds. The van der Waals surface area contributed by atoms with Crippen molar-refractivity contribution in [2.24, 2.45) is 11.8 Å². The van der Waals surface area contributed by atoms with Gasteiger partial charge in [-0.3, -0.25) is 9.59 Å². The molecule has 2 aromatic carbocycles. The van der Waals surface area contributed by atoms with Crippen molar-refractivity contribution >= 4 is 17.5 Å². The van der Waals surface area contributed by atoms with E-state index in [9.17, 15) is 19.5 Å². The Balaban J connectivity index is 1.35. The normalized spacial score (nSPS) is 25.7. The number of fused-ring (bicyclic) bond motifs is 4. The minimum atomic E-state index is -0.538. The third-order valence-corrected chi connectivity index (χ3v) is 6.78. The standard InChI is InChI=1S/C25H22O5/c1-13(21-15-7-8-16(11-15)22(21)26)25(29)30-12-14-6-9-19-20(10-14)24(28)18-5-3-2-4-17(18)23(19)27/h2-6,9-10,15-16,22,26H,7-8,11-12H2,1H3/b21-13+. The van der Waals surface area contributed by atoms with Crippen LogP contribution < -0.4 is 0 Å². The Hall–Kier alpha value is -3.05. The average molecular weight is 402 g/mol. The summed E-state index contributed by atoms with van der Waals surface area (Å²) in [6.07, 6.45) is 2.44. The molecule has 2 aromatic rings. The molecule has 3 atom stereocenters. The Morgan fingerprint density at radius 2 is 1.67 bits per heavy atom. The lowest BCUT2D eigenvalue weighted by Gasteiger charge is -2.22. The summed E-state index contributed by atoms with van der Waals surface area (Å²) >= 11 is 0. The predicted octanol–water partition coefficient (Wildman–Crippen LogP) is 3.61. The van der Waals surface area contributed by atoms with Gasteiger partial charge in [0.05, 0.1) is 6.10 Å². The molecule has 5 nitrogen and oxygen atoms in total. The van der Waals surface area contributed by atoms with Gasteiger partial charge in [-0.2, -0.15) is 0 Å². The summed E-state index contributed by atoms with van der Waals surface area (Å²) in [6.45, 7) is 1.72. The molecule has 1 N–H and O–H groups in total. The fourth-order valence-corrected chi connectivity index (χ4v) is 5.22. The highest BCUT2D eigenvalue weighted by Crippen LogP contribution is 2.49. The molecule has 3 aliphatic rings. The topological polar surface area (TPSA) is 80.7 Å². The van der Waals surface area contributed by atoms with E-state index in [0.29, 0.717) is 33.4 Å². The summed E-state index contributed by atoms with van der Waals surface area (Å²) in [7, 11) is 0. The van der Waals surface area contributed by atoms with Crippen LogP contribution in [0.2, 0.25) is 0 Å². The van der Waals surface area contributed by atoms with E-state index in [1.807, 2.05) is 0 Å². The molecule has 152 valence electrons. The Labute approximate surface area is 174 Å². The number of ether oxygens (including phenoxy) is 1. The zero-order valence-corrected chi connectivity index (χ0v) is 16.7. The van der Waals surface area contributed by atoms with Crippen LogP contribution in [0.3, 0.4) is 0 Å². The van der Waals surface area contributed by atoms with E-state index in [0.717, 1.165) is 24.8 Å². The van der Waals surface area contributed by atoms with Gasteiger partial charge in [0.15, 0.2) is 11.6 Å². The minimum absolute atomic E-state index is 0.00401. The first kappa shape index (κ1) is 18.9. The fraction of sp³-hybridized carbons (Fsp3) is 0.320. The second-order valence-corrected chi connectivity index (χ2v) is 8.46. The zero-order valence-electron chi connectivity index (χ0n) is 16.7. The molecule has 2 bridgehead atoms. The summed E-state index contributed by atoms with van der Waals surface area (Å²) in [6, 6.07) is 11.8. The summed E-state index contributed by atoms with van der Waals surface area (Å²) in [5.74, 6) is -0.265. The second-order valence-electron chi connectivity index (χ2n) is 8.46. The van der Waals surface area contributed by atoms with E-state index in [-0.39, 0.29) is 30.0 Å². The monoisotopic (exact) mass is 402 g/mol. The van der Waals surface area contributed by atoms with E-state index < -0.39 is 12.1 Å². The van der Waals surface area contributed by atoms with Crippen LogP contribution in [-0.2, 0) is 16.1 Å². The lowest BCUT2D eigenvalue weighted by atomic mass is 9.83. The highest BCUT2D eigenvalue weighted by Gasteiger charge is 2.44. The Kier molecular flexibility index (Phi) is 4.44. The number of carbonyl (C=O) groups is 3. The average Bonchev–Trinajstić information content (AvgIpc) is 3.36. The molecule has 0 heterocycles. The smallest absolute Gasteiger partial charge is 0.334 e.